The van der Waals surface area contributed by atoms with Gasteiger partial charge in [0.2, 0.25) is 0 Å². The minimum absolute atomic E-state index is 0.161. The van der Waals surface area contributed by atoms with Crippen molar-refractivity contribution in [2.24, 2.45) is 0 Å². The third kappa shape index (κ3) is 4.63. The Morgan fingerprint density at radius 2 is 1.88 bits per heavy atom. The van der Waals surface area contributed by atoms with Crippen LogP contribution in [0, 0.1) is 6.92 Å². The van der Waals surface area contributed by atoms with Gasteiger partial charge in [-0.2, -0.15) is 0 Å². The van der Waals surface area contributed by atoms with Gasteiger partial charge in [-0.15, -0.1) is 0 Å². The molecule has 1 N–H and O–H groups in total. The molecule has 0 radical (unpaired) electrons. The van der Waals surface area contributed by atoms with Gasteiger partial charge in [-0.3, -0.25) is 0 Å². The molecule has 0 spiro atoms. The Kier molecular flexibility index (Phi) is 6.65. The molecule has 3 rings (SSSR count). The Bertz CT molecular complexity index is 609. The molecule has 0 bridgehead atoms. The number of amides is 1. The van der Waals surface area contributed by atoms with Crippen LogP contribution in [-0.2, 0) is 4.74 Å². The topological polar surface area (TPSA) is 44.8 Å². The molecular formula is C20H30ClN3O2. The number of nitrogens with zero attached hydrogens (tertiary/aromatic N) is 2. The molecule has 1 amide bonds. The number of carbonyl (C=O) groups is 1. The van der Waals surface area contributed by atoms with E-state index in [4.69, 9.17) is 16.3 Å². The maximum absolute atomic E-state index is 11.8. The summed E-state index contributed by atoms with van der Waals surface area (Å²) < 4.78 is 5.11. The van der Waals surface area contributed by atoms with E-state index < -0.39 is 0 Å². The normalized spacial score (nSPS) is 20.2. The van der Waals surface area contributed by atoms with Gasteiger partial charge >= 0.3 is 6.09 Å². The van der Waals surface area contributed by atoms with E-state index >= 15 is 0 Å². The van der Waals surface area contributed by atoms with E-state index in [2.05, 4.69) is 23.2 Å². The standard InChI is InChI=1S/C20H30ClN3O2/c1-3-26-20(25)24-13-9-17(10-14-24)23-11-7-16(8-12-23)22-19-6-4-5-18(21)15(19)2/h4-6,16-17,22H,3,7-14H2,1-2H3. The summed E-state index contributed by atoms with van der Waals surface area (Å²) in [6.07, 6.45) is 4.22. The minimum Gasteiger partial charge on any atom is -0.450 e. The molecular weight excluding hydrogens is 350 g/mol. The number of piperidine rings is 2. The average molecular weight is 380 g/mol. The third-order valence-corrected chi connectivity index (χ3v) is 6.07. The Morgan fingerprint density at radius 3 is 2.54 bits per heavy atom. The Morgan fingerprint density at radius 1 is 1.19 bits per heavy atom. The predicted octanol–water partition coefficient (Wildman–Crippen LogP) is 4.15. The maximum Gasteiger partial charge on any atom is 0.409 e. The second kappa shape index (κ2) is 8.96. The summed E-state index contributed by atoms with van der Waals surface area (Å²) in [7, 11) is 0. The van der Waals surface area contributed by atoms with Crippen molar-refractivity contribution < 1.29 is 9.53 Å². The van der Waals surface area contributed by atoms with Crippen molar-refractivity contribution in [1.29, 1.82) is 0 Å². The van der Waals surface area contributed by atoms with Crippen molar-refractivity contribution in [1.82, 2.24) is 9.80 Å². The zero-order valence-electron chi connectivity index (χ0n) is 15.8. The van der Waals surface area contributed by atoms with Crippen molar-refractivity contribution in [2.75, 3.05) is 38.1 Å². The fraction of sp³-hybridized carbons (Fsp3) is 0.650. The SMILES string of the molecule is CCOC(=O)N1CCC(N2CCC(Nc3cccc(Cl)c3C)CC2)CC1. The van der Waals surface area contributed by atoms with Gasteiger partial charge in [0.05, 0.1) is 6.61 Å². The summed E-state index contributed by atoms with van der Waals surface area (Å²) in [5.41, 5.74) is 2.28. The van der Waals surface area contributed by atoms with E-state index in [0.717, 1.165) is 68.1 Å². The lowest BCUT2D eigenvalue weighted by Crippen LogP contribution is -2.50. The first kappa shape index (κ1) is 19.3. The number of carbonyl (C=O) groups excluding carboxylic acids is 1. The van der Waals surface area contributed by atoms with Crippen LogP contribution in [0.25, 0.3) is 0 Å². The fourth-order valence-corrected chi connectivity index (χ4v) is 4.20. The first-order valence-corrected chi connectivity index (χ1v) is 10.1. The molecule has 0 unspecified atom stereocenters. The number of hydrogen-bond donors (Lipinski definition) is 1. The smallest absolute Gasteiger partial charge is 0.409 e. The van der Waals surface area contributed by atoms with E-state index in [1.165, 1.54) is 0 Å². The maximum atomic E-state index is 11.8. The highest BCUT2D eigenvalue weighted by Crippen LogP contribution is 2.27. The van der Waals surface area contributed by atoms with Crippen LogP contribution in [0.3, 0.4) is 0 Å². The van der Waals surface area contributed by atoms with Gasteiger partial charge in [0.25, 0.3) is 0 Å². The van der Waals surface area contributed by atoms with Crippen LogP contribution < -0.4 is 5.32 Å². The summed E-state index contributed by atoms with van der Waals surface area (Å²) in [6, 6.07) is 7.15. The monoisotopic (exact) mass is 379 g/mol. The summed E-state index contributed by atoms with van der Waals surface area (Å²) >= 11 is 6.22. The molecule has 0 saturated carbocycles. The number of likely N-dealkylation sites (tertiary alicyclic amines) is 2. The second-order valence-corrected chi connectivity index (χ2v) is 7.69. The molecule has 26 heavy (non-hydrogen) atoms. The minimum atomic E-state index is -0.161. The highest BCUT2D eigenvalue weighted by molar-refractivity contribution is 6.31. The largest absolute Gasteiger partial charge is 0.450 e. The molecule has 2 saturated heterocycles. The second-order valence-electron chi connectivity index (χ2n) is 7.28. The number of rotatable bonds is 4. The fourth-order valence-electron chi connectivity index (χ4n) is 4.02. The first-order valence-electron chi connectivity index (χ1n) is 9.76. The lowest BCUT2D eigenvalue weighted by atomic mass is 9.97. The number of benzene rings is 1. The van der Waals surface area contributed by atoms with Gasteiger partial charge in [0.1, 0.15) is 0 Å². The molecule has 2 heterocycles. The van der Waals surface area contributed by atoms with Gasteiger partial charge in [-0.1, -0.05) is 17.7 Å². The van der Waals surface area contributed by atoms with Gasteiger partial charge in [-0.05, 0) is 57.2 Å². The lowest BCUT2D eigenvalue weighted by Gasteiger charge is -2.41. The van der Waals surface area contributed by atoms with Crippen LogP contribution >= 0.6 is 11.6 Å². The molecule has 5 nitrogen and oxygen atoms in total. The highest BCUT2D eigenvalue weighted by Gasteiger charge is 2.30. The van der Waals surface area contributed by atoms with Crippen LogP contribution in [0.4, 0.5) is 10.5 Å². The number of nitrogens with one attached hydrogen (secondary N) is 1. The number of halogens is 1. The van der Waals surface area contributed by atoms with Crippen LogP contribution in [-0.4, -0.2) is 60.8 Å². The third-order valence-electron chi connectivity index (χ3n) is 5.66. The number of ether oxygens (including phenoxy) is 1. The quantitative estimate of drug-likeness (QED) is 0.853. The van der Waals surface area contributed by atoms with Crippen LogP contribution in [0.15, 0.2) is 18.2 Å². The van der Waals surface area contributed by atoms with E-state index in [0.29, 0.717) is 18.7 Å². The Labute approximate surface area is 161 Å². The molecule has 2 aliphatic rings. The number of hydrogen-bond acceptors (Lipinski definition) is 4. The summed E-state index contributed by atoms with van der Waals surface area (Å²) in [5.74, 6) is 0. The lowest BCUT2D eigenvalue weighted by molar-refractivity contribution is 0.0674. The predicted molar refractivity (Wildman–Crippen MR) is 106 cm³/mol. The van der Waals surface area contributed by atoms with Crippen LogP contribution in [0.2, 0.25) is 5.02 Å². The van der Waals surface area contributed by atoms with Gasteiger partial charge < -0.3 is 19.9 Å². The van der Waals surface area contributed by atoms with Gasteiger partial charge in [0.15, 0.2) is 0 Å². The van der Waals surface area contributed by atoms with Crippen molar-refractivity contribution in [3.8, 4) is 0 Å². The molecule has 144 valence electrons. The van der Waals surface area contributed by atoms with Crippen molar-refractivity contribution in [3.63, 3.8) is 0 Å². The van der Waals surface area contributed by atoms with Crippen molar-refractivity contribution in [3.05, 3.63) is 28.8 Å². The molecule has 0 atom stereocenters. The van der Waals surface area contributed by atoms with E-state index in [9.17, 15) is 4.79 Å². The summed E-state index contributed by atoms with van der Waals surface area (Å²) in [5, 5.41) is 4.49. The van der Waals surface area contributed by atoms with E-state index in [1.54, 1.807) is 0 Å². The van der Waals surface area contributed by atoms with E-state index in [-0.39, 0.29) is 6.09 Å². The summed E-state index contributed by atoms with van der Waals surface area (Å²) in [6.45, 7) is 8.21. The average Bonchev–Trinajstić information content (AvgIpc) is 2.66. The Hall–Kier alpha value is -1.46. The molecule has 2 aliphatic heterocycles. The van der Waals surface area contributed by atoms with Crippen molar-refractivity contribution in [2.45, 2.75) is 51.6 Å². The molecule has 1 aromatic rings. The number of anilines is 1. The van der Waals surface area contributed by atoms with Crippen LogP contribution in [0.5, 0.6) is 0 Å². The zero-order valence-corrected chi connectivity index (χ0v) is 16.6. The zero-order chi connectivity index (χ0) is 18.5. The molecule has 0 aromatic heterocycles. The summed E-state index contributed by atoms with van der Waals surface area (Å²) in [4.78, 5) is 16.3. The van der Waals surface area contributed by atoms with Gasteiger partial charge in [0, 0.05) is 49.0 Å². The molecule has 0 aliphatic carbocycles. The Balaban J connectivity index is 1.44. The first-order chi connectivity index (χ1) is 12.6. The highest BCUT2D eigenvalue weighted by atomic mass is 35.5. The van der Waals surface area contributed by atoms with Gasteiger partial charge in [-0.25, -0.2) is 4.79 Å². The molecule has 2 fully saturated rings. The molecule has 6 heteroatoms. The molecule has 1 aromatic carbocycles. The van der Waals surface area contributed by atoms with E-state index in [1.807, 2.05) is 24.0 Å². The van der Waals surface area contributed by atoms with Crippen molar-refractivity contribution >= 4 is 23.4 Å². The van der Waals surface area contributed by atoms with Crippen LogP contribution in [0.1, 0.15) is 38.2 Å².